The van der Waals surface area contributed by atoms with E-state index in [0.717, 1.165) is 18.4 Å². The Kier molecular flexibility index (Phi) is 2.24. The Bertz CT molecular complexity index is 319. The Hall–Kier alpha value is -0.630. The third-order valence-corrected chi connectivity index (χ3v) is 2.54. The zero-order chi connectivity index (χ0) is 9.42. The molecule has 3 heteroatoms. The normalized spacial score (nSPS) is 16.6. The SMILES string of the molecule is FC(F)c1ccc(Cl)cc1C1CC1. The average molecular weight is 203 g/mol. The molecule has 0 atom stereocenters. The van der Waals surface area contributed by atoms with Gasteiger partial charge in [-0.25, -0.2) is 8.78 Å². The van der Waals surface area contributed by atoms with Crippen LogP contribution in [0, 0.1) is 0 Å². The maximum atomic E-state index is 12.5. The molecule has 0 heterocycles. The maximum Gasteiger partial charge on any atom is 0.264 e. The van der Waals surface area contributed by atoms with Crippen LogP contribution < -0.4 is 0 Å². The van der Waals surface area contributed by atoms with E-state index < -0.39 is 6.43 Å². The van der Waals surface area contributed by atoms with Crippen molar-refractivity contribution >= 4 is 11.6 Å². The molecule has 2 rings (SSSR count). The summed E-state index contributed by atoms with van der Waals surface area (Å²) in [5.41, 5.74) is 0.884. The summed E-state index contributed by atoms with van der Waals surface area (Å²) in [7, 11) is 0. The fraction of sp³-hybridized carbons (Fsp3) is 0.400. The van der Waals surface area contributed by atoms with Crippen molar-refractivity contribution in [1.82, 2.24) is 0 Å². The minimum Gasteiger partial charge on any atom is -0.205 e. The molecule has 0 radical (unpaired) electrons. The summed E-state index contributed by atoms with van der Waals surface area (Å²) in [5.74, 6) is 0.322. The van der Waals surface area contributed by atoms with Gasteiger partial charge in [-0.3, -0.25) is 0 Å². The Morgan fingerprint density at radius 3 is 2.54 bits per heavy atom. The first-order valence-corrected chi connectivity index (χ1v) is 4.64. The molecule has 13 heavy (non-hydrogen) atoms. The number of hydrogen-bond donors (Lipinski definition) is 0. The molecule has 0 aromatic heterocycles. The summed E-state index contributed by atoms with van der Waals surface area (Å²) in [6.45, 7) is 0. The third-order valence-electron chi connectivity index (χ3n) is 2.30. The average Bonchev–Trinajstić information content (AvgIpc) is 2.85. The van der Waals surface area contributed by atoms with E-state index in [2.05, 4.69) is 0 Å². The molecular weight excluding hydrogens is 194 g/mol. The fourth-order valence-corrected chi connectivity index (χ4v) is 1.67. The van der Waals surface area contributed by atoms with E-state index in [1.165, 1.54) is 12.1 Å². The quantitative estimate of drug-likeness (QED) is 0.676. The van der Waals surface area contributed by atoms with Crippen molar-refractivity contribution in [1.29, 1.82) is 0 Å². The lowest BCUT2D eigenvalue weighted by Gasteiger charge is -2.07. The molecule has 0 N–H and O–H groups in total. The topological polar surface area (TPSA) is 0 Å². The molecule has 0 bridgehead atoms. The molecule has 0 amide bonds. The zero-order valence-electron chi connectivity index (χ0n) is 6.93. The van der Waals surface area contributed by atoms with Crippen LogP contribution in [-0.2, 0) is 0 Å². The molecule has 1 aromatic carbocycles. The summed E-state index contributed by atoms with van der Waals surface area (Å²) < 4.78 is 25.0. The van der Waals surface area contributed by atoms with Crippen LogP contribution in [0.4, 0.5) is 8.78 Å². The van der Waals surface area contributed by atoms with Crippen LogP contribution in [0.1, 0.15) is 36.3 Å². The highest BCUT2D eigenvalue weighted by atomic mass is 35.5. The number of benzene rings is 1. The van der Waals surface area contributed by atoms with Gasteiger partial charge < -0.3 is 0 Å². The number of hydrogen-bond acceptors (Lipinski definition) is 0. The molecule has 1 aliphatic rings. The van der Waals surface area contributed by atoms with Crippen molar-refractivity contribution in [3.05, 3.63) is 34.3 Å². The van der Waals surface area contributed by atoms with Crippen molar-refractivity contribution in [2.45, 2.75) is 25.2 Å². The number of rotatable bonds is 2. The Morgan fingerprint density at radius 2 is 2.00 bits per heavy atom. The Morgan fingerprint density at radius 1 is 1.31 bits per heavy atom. The molecular formula is C10H9ClF2. The molecule has 0 saturated heterocycles. The minimum atomic E-state index is -2.38. The number of alkyl halides is 2. The highest BCUT2D eigenvalue weighted by molar-refractivity contribution is 6.30. The zero-order valence-corrected chi connectivity index (χ0v) is 7.69. The van der Waals surface area contributed by atoms with Crippen LogP contribution in [-0.4, -0.2) is 0 Å². The fourth-order valence-electron chi connectivity index (χ4n) is 1.49. The van der Waals surface area contributed by atoms with Gasteiger partial charge in [0.25, 0.3) is 6.43 Å². The second-order valence-electron chi connectivity index (χ2n) is 3.35. The summed E-state index contributed by atoms with van der Waals surface area (Å²) >= 11 is 5.75. The van der Waals surface area contributed by atoms with Crippen molar-refractivity contribution in [2.24, 2.45) is 0 Å². The van der Waals surface area contributed by atoms with Gasteiger partial charge in [0, 0.05) is 10.6 Å². The standard InChI is InChI=1S/C10H9ClF2/c11-7-3-4-8(10(12)13)9(5-7)6-1-2-6/h3-6,10H,1-2H2. The van der Waals surface area contributed by atoms with Crippen LogP contribution in [0.25, 0.3) is 0 Å². The number of halogens is 3. The molecule has 70 valence electrons. The van der Waals surface area contributed by atoms with Gasteiger partial charge in [0.05, 0.1) is 0 Å². The molecule has 1 fully saturated rings. The van der Waals surface area contributed by atoms with Crippen molar-refractivity contribution in [2.75, 3.05) is 0 Å². The molecule has 1 aromatic rings. The summed E-state index contributed by atoms with van der Waals surface area (Å²) in [6.07, 6.45) is -0.354. The molecule has 1 aliphatic carbocycles. The van der Waals surface area contributed by atoms with E-state index in [-0.39, 0.29) is 5.56 Å². The molecule has 0 nitrogen and oxygen atoms in total. The monoisotopic (exact) mass is 202 g/mol. The summed E-state index contributed by atoms with van der Waals surface area (Å²) in [5, 5.41) is 0.548. The molecule has 0 unspecified atom stereocenters. The van der Waals surface area contributed by atoms with E-state index in [9.17, 15) is 8.78 Å². The molecule has 0 spiro atoms. The van der Waals surface area contributed by atoms with E-state index in [4.69, 9.17) is 11.6 Å². The predicted molar refractivity (Wildman–Crippen MR) is 48.4 cm³/mol. The van der Waals surface area contributed by atoms with E-state index >= 15 is 0 Å². The van der Waals surface area contributed by atoms with Gasteiger partial charge in [-0.2, -0.15) is 0 Å². The lowest BCUT2D eigenvalue weighted by molar-refractivity contribution is 0.150. The van der Waals surface area contributed by atoms with Crippen LogP contribution in [0.15, 0.2) is 18.2 Å². The van der Waals surface area contributed by atoms with Gasteiger partial charge in [0.1, 0.15) is 0 Å². The highest BCUT2D eigenvalue weighted by Crippen LogP contribution is 2.44. The van der Waals surface area contributed by atoms with Crippen molar-refractivity contribution in [3.63, 3.8) is 0 Å². The van der Waals surface area contributed by atoms with E-state index in [1.807, 2.05) is 0 Å². The van der Waals surface area contributed by atoms with Crippen LogP contribution in [0.2, 0.25) is 5.02 Å². The van der Waals surface area contributed by atoms with Gasteiger partial charge in [-0.1, -0.05) is 17.7 Å². The Labute approximate surface area is 80.5 Å². The maximum absolute atomic E-state index is 12.5. The van der Waals surface area contributed by atoms with Crippen molar-refractivity contribution < 1.29 is 8.78 Å². The third kappa shape index (κ3) is 1.83. The smallest absolute Gasteiger partial charge is 0.205 e. The van der Waals surface area contributed by atoms with E-state index in [1.54, 1.807) is 6.07 Å². The molecule has 0 aliphatic heterocycles. The van der Waals surface area contributed by atoms with Gasteiger partial charge in [0.15, 0.2) is 0 Å². The van der Waals surface area contributed by atoms with Crippen molar-refractivity contribution in [3.8, 4) is 0 Å². The first kappa shape index (κ1) is 8.95. The van der Waals surface area contributed by atoms with Crippen LogP contribution in [0.5, 0.6) is 0 Å². The second kappa shape index (κ2) is 3.26. The summed E-state index contributed by atoms with van der Waals surface area (Å²) in [4.78, 5) is 0. The lowest BCUT2D eigenvalue weighted by Crippen LogP contribution is -1.92. The largest absolute Gasteiger partial charge is 0.264 e. The lowest BCUT2D eigenvalue weighted by atomic mass is 10.0. The van der Waals surface area contributed by atoms with Gasteiger partial charge in [0.2, 0.25) is 0 Å². The first-order valence-electron chi connectivity index (χ1n) is 4.26. The first-order chi connectivity index (χ1) is 6.18. The van der Waals surface area contributed by atoms with E-state index in [0.29, 0.717) is 10.9 Å². The predicted octanol–water partition coefficient (Wildman–Crippen LogP) is 4.16. The summed E-state index contributed by atoms with van der Waals surface area (Å²) in [6, 6.07) is 4.62. The van der Waals surface area contributed by atoms with Gasteiger partial charge >= 0.3 is 0 Å². The molecule has 1 saturated carbocycles. The van der Waals surface area contributed by atoms with Gasteiger partial charge in [-0.15, -0.1) is 0 Å². The second-order valence-corrected chi connectivity index (χ2v) is 3.78. The Balaban J connectivity index is 2.42. The van der Waals surface area contributed by atoms with Crippen LogP contribution in [0.3, 0.4) is 0 Å². The minimum absolute atomic E-state index is 0.145. The van der Waals surface area contributed by atoms with Gasteiger partial charge in [-0.05, 0) is 36.5 Å². The van der Waals surface area contributed by atoms with Crippen LogP contribution >= 0.6 is 11.6 Å². The highest BCUT2D eigenvalue weighted by Gasteiger charge is 2.28.